The van der Waals surface area contributed by atoms with Crippen molar-refractivity contribution < 1.29 is 19.2 Å². The number of benzene rings is 1. The Labute approximate surface area is 175 Å². The largest absolute Gasteiger partial charge is 0.278 e. The Kier molecular flexibility index (Phi) is 4.65. The fourth-order valence-electron chi connectivity index (χ4n) is 5.16. The molecule has 4 aliphatic rings. The second-order valence-corrected chi connectivity index (χ2v) is 8.65. The van der Waals surface area contributed by atoms with E-state index >= 15 is 0 Å². The van der Waals surface area contributed by atoms with Crippen LogP contribution in [0.3, 0.4) is 0 Å². The van der Waals surface area contributed by atoms with Crippen LogP contribution in [-0.4, -0.2) is 33.4 Å². The SMILES string of the molecule is O=C1[C@H]2CC=CC[C@@H]2C(=O)N1Cc1ccc(CN2C(=O)[C@H]3CC=CC[C@H]3C2=O)cc1. The van der Waals surface area contributed by atoms with Crippen molar-refractivity contribution in [1.29, 1.82) is 0 Å². The molecule has 0 bridgehead atoms. The van der Waals surface area contributed by atoms with Crippen LogP contribution in [0.1, 0.15) is 36.8 Å². The Morgan fingerprint density at radius 1 is 0.533 bits per heavy atom. The highest BCUT2D eigenvalue weighted by Gasteiger charge is 2.48. The van der Waals surface area contributed by atoms with Gasteiger partial charge in [0.2, 0.25) is 23.6 Å². The molecule has 30 heavy (non-hydrogen) atoms. The zero-order valence-corrected chi connectivity index (χ0v) is 16.7. The van der Waals surface area contributed by atoms with Crippen LogP contribution in [0.15, 0.2) is 48.6 Å². The molecule has 0 unspecified atom stereocenters. The maximum absolute atomic E-state index is 12.6. The van der Waals surface area contributed by atoms with Gasteiger partial charge >= 0.3 is 0 Å². The molecule has 2 aliphatic heterocycles. The van der Waals surface area contributed by atoms with Crippen molar-refractivity contribution in [3.05, 3.63) is 59.7 Å². The van der Waals surface area contributed by atoms with Crippen molar-refractivity contribution >= 4 is 23.6 Å². The minimum atomic E-state index is -0.216. The average Bonchev–Trinajstić information content (AvgIpc) is 3.16. The molecule has 4 amide bonds. The molecule has 0 spiro atoms. The van der Waals surface area contributed by atoms with Gasteiger partial charge in [-0.1, -0.05) is 48.6 Å². The van der Waals surface area contributed by atoms with Crippen molar-refractivity contribution in [1.82, 2.24) is 9.80 Å². The summed E-state index contributed by atoms with van der Waals surface area (Å²) in [5.74, 6) is -1.19. The van der Waals surface area contributed by atoms with Crippen LogP contribution in [-0.2, 0) is 32.3 Å². The van der Waals surface area contributed by atoms with Crippen LogP contribution in [0, 0.1) is 23.7 Å². The summed E-state index contributed by atoms with van der Waals surface area (Å²) in [7, 11) is 0. The summed E-state index contributed by atoms with van der Waals surface area (Å²) in [6.07, 6.45) is 10.5. The second kappa shape index (κ2) is 7.35. The van der Waals surface area contributed by atoms with Gasteiger partial charge in [0.1, 0.15) is 0 Å². The van der Waals surface area contributed by atoms with Crippen LogP contribution in [0.2, 0.25) is 0 Å². The number of hydrogen-bond donors (Lipinski definition) is 0. The zero-order valence-electron chi connectivity index (χ0n) is 16.7. The van der Waals surface area contributed by atoms with Crippen LogP contribution in [0.5, 0.6) is 0 Å². The van der Waals surface area contributed by atoms with Gasteiger partial charge < -0.3 is 0 Å². The normalized spacial score (nSPS) is 30.3. The summed E-state index contributed by atoms with van der Waals surface area (Å²) >= 11 is 0. The molecule has 5 rings (SSSR count). The Hall–Kier alpha value is -3.02. The minimum Gasteiger partial charge on any atom is -0.278 e. The summed E-state index contributed by atoms with van der Waals surface area (Å²) in [4.78, 5) is 53.3. The molecule has 1 aromatic rings. The standard InChI is InChI=1S/C24H24N2O4/c27-21-17-5-1-2-6-18(17)22(28)25(21)13-15-9-11-16(12-10-15)14-26-23(29)19-7-3-4-8-20(19)24(26)30/h1-4,9-12,17-20H,5-8,13-14H2/t17-,18-,19-,20+/m0/s1. The van der Waals surface area contributed by atoms with E-state index in [0.29, 0.717) is 25.7 Å². The first-order valence-electron chi connectivity index (χ1n) is 10.6. The fourth-order valence-corrected chi connectivity index (χ4v) is 5.16. The molecule has 0 N–H and O–H groups in total. The lowest BCUT2D eigenvalue weighted by Gasteiger charge is -2.17. The van der Waals surface area contributed by atoms with Crippen LogP contribution < -0.4 is 0 Å². The van der Waals surface area contributed by atoms with Gasteiger partial charge in [0.05, 0.1) is 36.8 Å². The topological polar surface area (TPSA) is 74.8 Å². The molecule has 6 nitrogen and oxygen atoms in total. The number of allylic oxidation sites excluding steroid dienone is 4. The van der Waals surface area contributed by atoms with E-state index in [1.807, 2.05) is 48.6 Å². The summed E-state index contributed by atoms with van der Waals surface area (Å²) < 4.78 is 0. The Morgan fingerprint density at radius 2 is 0.800 bits per heavy atom. The fraction of sp³-hybridized carbons (Fsp3) is 0.417. The Bertz CT molecular complexity index is 846. The van der Waals surface area contributed by atoms with Crippen LogP contribution >= 0.6 is 0 Å². The number of fused-ring (bicyclic) bond motifs is 2. The van der Waals surface area contributed by atoms with Gasteiger partial charge in [-0.25, -0.2) is 0 Å². The van der Waals surface area contributed by atoms with Crippen LogP contribution in [0.4, 0.5) is 0 Å². The quantitative estimate of drug-likeness (QED) is 0.571. The van der Waals surface area contributed by atoms with E-state index in [1.165, 1.54) is 9.80 Å². The van der Waals surface area contributed by atoms with Gasteiger partial charge in [0.15, 0.2) is 0 Å². The third-order valence-electron chi connectivity index (χ3n) is 6.90. The molecule has 4 atom stereocenters. The predicted octanol–water partition coefficient (Wildman–Crippen LogP) is 2.59. The van der Waals surface area contributed by atoms with Gasteiger partial charge in [0.25, 0.3) is 0 Å². The number of carbonyl (C=O) groups is 4. The average molecular weight is 404 g/mol. The first-order valence-corrected chi connectivity index (χ1v) is 10.6. The third kappa shape index (κ3) is 3.02. The number of imide groups is 2. The van der Waals surface area contributed by atoms with Gasteiger partial charge in [-0.05, 0) is 36.8 Å². The maximum Gasteiger partial charge on any atom is 0.233 e. The lowest BCUT2D eigenvalue weighted by Crippen LogP contribution is -2.31. The number of carbonyl (C=O) groups excluding carboxylic acids is 4. The molecule has 2 fully saturated rings. The first-order chi connectivity index (χ1) is 14.5. The van der Waals surface area contributed by atoms with E-state index in [1.54, 1.807) is 0 Å². The van der Waals surface area contributed by atoms with Gasteiger partial charge in [-0.2, -0.15) is 0 Å². The molecule has 0 saturated carbocycles. The molecule has 6 heteroatoms. The molecule has 154 valence electrons. The van der Waals surface area contributed by atoms with Crippen molar-refractivity contribution in [3.8, 4) is 0 Å². The first kappa shape index (κ1) is 19.0. The molecule has 0 radical (unpaired) electrons. The number of amides is 4. The number of likely N-dealkylation sites (tertiary alicyclic amines) is 2. The van der Waals surface area contributed by atoms with E-state index in [0.717, 1.165) is 11.1 Å². The summed E-state index contributed by atoms with van der Waals surface area (Å²) in [5, 5.41) is 0. The second-order valence-electron chi connectivity index (χ2n) is 8.65. The molecule has 2 heterocycles. The Morgan fingerprint density at radius 3 is 1.07 bits per heavy atom. The van der Waals surface area contributed by atoms with E-state index in [9.17, 15) is 19.2 Å². The third-order valence-corrected chi connectivity index (χ3v) is 6.90. The van der Waals surface area contributed by atoms with Gasteiger partial charge in [0, 0.05) is 0 Å². The van der Waals surface area contributed by atoms with Crippen LogP contribution in [0.25, 0.3) is 0 Å². The molecule has 1 aromatic carbocycles. The van der Waals surface area contributed by atoms with E-state index in [4.69, 9.17) is 0 Å². The van der Waals surface area contributed by atoms with Crippen molar-refractivity contribution in [2.75, 3.05) is 0 Å². The molecular weight excluding hydrogens is 380 g/mol. The van der Waals surface area contributed by atoms with Crippen molar-refractivity contribution in [2.45, 2.75) is 38.8 Å². The molecule has 0 aromatic heterocycles. The lowest BCUT2D eigenvalue weighted by molar-refractivity contribution is -0.142. The monoisotopic (exact) mass is 404 g/mol. The summed E-state index contributed by atoms with van der Waals surface area (Å²) in [6.45, 7) is 0.532. The van der Waals surface area contributed by atoms with E-state index in [-0.39, 0.29) is 60.4 Å². The van der Waals surface area contributed by atoms with Crippen molar-refractivity contribution in [3.63, 3.8) is 0 Å². The maximum atomic E-state index is 12.6. The smallest absolute Gasteiger partial charge is 0.233 e. The highest BCUT2D eigenvalue weighted by atomic mass is 16.2. The molecular formula is C24H24N2O4. The summed E-state index contributed by atoms with van der Waals surface area (Å²) in [6, 6.07) is 7.48. The number of hydrogen-bond acceptors (Lipinski definition) is 4. The van der Waals surface area contributed by atoms with E-state index in [2.05, 4.69) is 0 Å². The number of nitrogens with zero attached hydrogens (tertiary/aromatic N) is 2. The molecule has 2 saturated heterocycles. The van der Waals surface area contributed by atoms with E-state index < -0.39 is 0 Å². The molecule has 2 aliphatic carbocycles. The summed E-state index contributed by atoms with van der Waals surface area (Å²) in [5.41, 5.74) is 1.73. The van der Waals surface area contributed by atoms with Gasteiger partial charge in [-0.15, -0.1) is 0 Å². The predicted molar refractivity (Wildman–Crippen MR) is 108 cm³/mol. The highest BCUT2D eigenvalue weighted by Crippen LogP contribution is 2.37. The van der Waals surface area contributed by atoms with Gasteiger partial charge in [-0.3, -0.25) is 29.0 Å². The highest BCUT2D eigenvalue weighted by molar-refractivity contribution is 6.06. The zero-order chi connectivity index (χ0) is 20.8. The number of rotatable bonds is 4. The Balaban J connectivity index is 1.25. The van der Waals surface area contributed by atoms with Crippen molar-refractivity contribution in [2.24, 2.45) is 23.7 Å². The minimum absolute atomic E-state index is 0.0806. The lowest BCUT2D eigenvalue weighted by atomic mass is 9.85.